The highest BCUT2D eigenvalue weighted by molar-refractivity contribution is 5.67. The molecule has 0 bridgehead atoms. The lowest BCUT2D eigenvalue weighted by molar-refractivity contribution is 0.689. The lowest BCUT2D eigenvalue weighted by Crippen LogP contribution is -1.98. The number of hydrogen-bond acceptors (Lipinski definition) is 1. The molecule has 1 aromatic heterocycles. The lowest BCUT2D eigenvalue weighted by Gasteiger charge is -2.09. The van der Waals surface area contributed by atoms with Gasteiger partial charge in [0, 0.05) is 12.7 Å². The Morgan fingerprint density at radius 3 is 2.47 bits per heavy atom. The molecule has 0 saturated carbocycles. The normalized spacial score (nSPS) is 10.2. The van der Waals surface area contributed by atoms with Gasteiger partial charge in [-0.25, -0.2) is 0 Å². The summed E-state index contributed by atoms with van der Waals surface area (Å²) in [7, 11) is 0. The minimum absolute atomic E-state index is 0.752. The maximum Gasteiger partial charge on any atom is 0.101 e. The Kier molecular flexibility index (Phi) is 3.30. The van der Waals surface area contributed by atoms with E-state index in [9.17, 15) is 0 Å². The van der Waals surface area contributed by atoms with Crippen molar-refractivity contribution in [1.82, 2.24) is 4.57 Å². The molecule has 0 spiro atoms. The molecule has 2 heteroatoms. The first kappa shape index (κ1) is 11.5. The van der Waals surface area contributed by atoms with Gasteiger partial charge in [0.05, 0.1) is 11.3 Å². The molecule has 1 aromatic carbocycles. The molecule has 1 heterocycles. The molecular weight excluding hydrogens is 208 g/mol. The third-order valence-corrected chi connectivity index (χ3v) is 2.87. The van der Waals surface area contributed by atoms with Crippen LogP contribution in [0.25, 0.3) is 11.3 Å². The molecule has 86 valence electrons. The quantitative estimate of drug-likeness (QED) is 0.780. The number of nitrogens with zero attached hydrogens (tertiary/aromatic N) is 2. The Balaban J connectivity index is 2.52. The fourth-order valence-electron chi connectivity index (χ4n) is 2.02. The van der Waals surface area contributed by atoms with Crippen molar-refractivity contribution in [2.24, 2.45) is 0 Å². The van der Waals surface area contributed by atoms with Crippen molar-refractivity contribution in [2.75, 3.05) is 0 Å². The summed E-state index contributed by atoms with van der Waals surface area (Å²) in [5, 5.41) is 9.15. The first-order valence-electron chi connectivity index (χ1n) is 5.92. The number of aromatic nitrogens is 1. The van der Waals surface area contributed by atoms with Crippen molar-refractivity contribution in [3.63, 3.8) is 0 Å². The molecule has 0 aliphatic rings. The fourth-order valence-corrected chi connectivity index (χ4v) is 2.02. The van der Waals surface area contributed by atoms with Crippen LogP contribution >= 0.6 is 0 Å². The second-order valence-electron chi connectivity index (χ2n) is 4.25. The molecule has 2 nitrogen and oxygen atoms in total. The highest BCUT2D eigenvalue weighted by Gasteiger charge is 2.10. The highest BCUT2D eigenvalue weighted by Crippen LogP contribution is 2.25. The Morgan fingerprint density at radius 2 is 1.88 bits per heavy atom. The van der Waals surface area contributed by atoms with Crippen LogP contribution in [0.4, 0.5) is 0 Å². The van der Waals surface area contributed by atoms with Gasteiger partial charge in [0.2, 0.25) is 0 Å². The van der Waals surface area contributed by atoms with Crippen molar-refractivity contribution in [1.29, 1.82) is 5.26 Å². The molecule has 0 aliphatic heterocycles. The Labute approximate surface area is 102 Å². The number of aryl methyl sites for hydroxylation is 2. The fraction of sp³-hybridized carbons (Fsp3) is 0.267. The van der Waals surface area contributed by atoms with E-state index >= 15 is 0 Å². The van der Waals surface area contributed by atoms with E-state index in [2.05, 4.69) is 48.7 Å². The van der Waals surface area contributed by atoms with Crippen LogP contribution < -0.4 is 0 Å². The average Bonchev–Trinajstić information content (AvgIpc) is 2.74. The topological polar surface area (TPSA) is 28.7 Å². The minimum atomic E-state index is 0.752. The van der Waals surface area contributed by atoms with Gasteiger partial charge in [-0.2, -0.15) is 5.26 Å². The van der Waals surface area contributed by atoms with Crippen molar-refractivity contribution >= 4 is 0 Å². The van der Waals surface area contributed by atoms with Gasteiger partial charge in [-0.1, -0.05) is 36.8 Å². The molecule has 0 unspecified atom stereocenters. The van der Waals surface area contributed by atoms with Crippen molar-refractivity contribution < 1.29 is 0 Å². The zero-order valence-electron chi connectivity index (χ0n) is 10.3. The SMILES string of the molecule is CCCn1ccc(C#N)c1-c1ccc(C)cc1. The third kappa shape index (κ3) is 2.24. The van der Waals surface area contributed by atoms with E-state index in [4.69, 9.17) is 5.26 Å². The maximum atomic E-state index is 9.15. The Bertz CT molecular complexity index is 541. The summed E-state index contributed by atoms with van der Waals surface area (Å²) in [5.74, 6) is 0. The molecule has 2 aromatic rings. The summed E-state index contributed by atoms with van der Waals surface area (Å²) in [4.78, 5) is 0. The number of nitriles is 1. The van der Waals surface area contributed by atoms with Gasteiger partial charge in [-0.3, -0.25) is 0 Å². The molecule has 0 atom stereocenters. The van der Waals surface area contributed by atoms with Crippen LogP contribution in [0, 0.1) is 18.3 Å². The number of rotatable bonds is 3. The molecule has 2 rings (SSSR count). The molecular formula is C15H16N2. The molecule has 0 saturated heterocycles. The maximum absolute atomic E-state index is 9.15. The van der Waals surface area contributed by atoms with Crippen LogP contribution in [-0.4, -0.2) is 4.57 Å². The molecule has 0 fully saturated rings. The van der Waals surface area contributed by atoms with Crippen molar-refractivity contribution in [2.45, 2.75) is 26.8 Å². The second kappa shape index (κ2) is 4.88. The van der Waals surface area contributed by atoms with Gasteiger partial charge in [-0.05, 0) is 25.0 Å². The average molecular weight is 224 g/mol. The smallest absolute Gasteiger partial charge is 0.101 e. The van der Waals surface area contributed by atoms with E-state index < -0.39 is 0 Å². The van der Waals surface area contributed by atoms with E-state index in [0.717, 1.165) is 29.8 Å². The Morgan fingerprint density at radius 1 is 1.18 bits per heavy atom. The summed E-state index contributed by atoms with van der Waals surface area (Å²) < 4.78 is 2.16. The van der Waals surface area contributed by atoms with Gasteiger partial charge in [0.15, 0.2) is 0 Å². The summed E-state index contributed by atoms with van der Waals surface area (Å²) >= 11 is 0. The standard InChI is InChI=1S/C15H16N2/c1-3-9-17-10-8-14(11-16)15(17)13-6-4-12(2)5-7-13/h4-8,10H,3,9H2,1-2H3. The van der Waals surface area contributed by atoms with Crippen LogP contribution in [0.5, 0.6) is 0 Å². The Hall–Kier alpha value is -2.01. The molecule has 0 N–H and O–H groups in total. The number of benzene rings is 1. The van der Waals surface area contributed by atoms with Crippen LogP contribution in [0.2, 0.25) is 0 Å². The second-order valence-corrected chi connectivity index (χ2v) is 4.25. The first-order chi connectivity index (χ1) is 8.26. The van der Waals surface area contributed by atoms with Crippen LogP contribution in [0.15, 0.2) is 36.5 Å². The van der Waals surface area contributed by atoms with E-state index in [-0.39, 0.29) is 0 Å². The summed E-state index contributed by atoms with van der Waals surface area (Å²) in [6.07, 6.45) is 3.07. The van der Waals surface area contributed by atoms with E-state index in [1.165, 1.54) is 5.56 Å². The largest absolute Gasteiger partial charge is 0.346 e. The summed E-state index contributed by atoms with van der Waals surface area (Å²) in [5.41, 5.74) is 4.14. The van der Waals surface area contributed by atoms with E-state index in [1.807, 2.05) is 12.3 Å². The van der Waals surface area contributed by atoms with Crippen LogP contribution in [-0.2, 0) is 6.54 Å². The van der Waals surface area contributed by atoms with Gasteiger partial charge >= 0.3 is 0 Å². The predicted molar refractivity (Wildman–Crippen MR) is 69.6 cm³/mol. The zero-order chi connectivity index (χ0) is 12.3. The molecule has 17 heavy (non-hydrogen) atoms. The van der Waals surface area contributed by atoms with Gasteiger partial charge in [0.1, 0.15) is 6.07 Å². The van der Waals surface area contributed by atoms with Crippen LogP contribution in [0.3, 0.4) is 0 Å². The van der Waals surface area contributed by atoms with Crippen LogP contribution in [0.1, 0.15) is 24.5 Å². The van der Waals surface area contributed by atoms with Crippen molar-refractivity contribution in [3.05, 3.63) is 47.7 Å². The minimum Gasteiger partial charge on any atom is -0.346 e. The lowest BCUT2D eigenvalue weighted by atomic mass is 10.1. The monoisotopic (exact) mass is 224 g/mol. The molecule has 0 amide bonds. The van der Waals surface area contributed by atoms with E-state index in [0.29, 0.717) is 0 Å². The van der Waals surface area contributed by atoms with Gasteiger partial charge < -0.3 is 4.57 Å². The van der Waals surface area contributed by atoms with Gasteiger partial charge in [-0.15, -0.1) is 0 Å². The molecule has 0 aliphatic carbocycles. The third-order valence-electron chi connectivity index (χ3n) is 2.87. The van der Waals surface area contributed by atoms with Gasteiger partial charge in [0.25, 0.3) is 0 Å². The summed E-state index contributed by atoms with van der Waals surface area (Å²) in [6.45, 7) is 5.16. The zero-order valence-corrected chi connectivity index (χ0v) is 10.3. The van der Waals surface area contributed by atoms with Crippen molar-refractivity contribution in [3.8, 4) is 17.3 Å². The predicted octanol–water partition coefficient (Wildman–Crippen LogP) is 3.75. The first-order valence-corrected chi connectivity index (χ1v) is 5.92. The molecule has 0 radical (unpaired) electrons. The summed E-state index contributed by atoms with van der Waals surface area (Å²) in [6, 6.07) is 12.5. The number of hydrogen-bond donors (Lipinski definition) is 0. The van der Waals surface area contributed by atoms with E-state index in [1.54, 1.807) is 0 Å². The highest BCUT2D eigenvalue weighted by atomic mass is 15.0.